The molecule has 0 fully saturated rings. The molecular formula is C24H19ClFN3O3. The van der Waals surface area contributed by atoms with Gasteiger partial charge in [0.1, 0.15) is 12.4 Å². The van der Waals surface area contributed by atoms with E-state index in [1.807, 2.05) is 37.3 Å². The molecule has 0 bridgehead atoms. The quantitative estimate of drug-likeness (QED) is 0.501. The van der Waals surface area contributed by atoms with Crippen LogP contribution in [0, 0.1) is 5.82 Å². The van der Waals surface area contributed by atoms with Crippen molar-refractivity contribution >= 4 is 28.4 Å². The van der Waals surface area contributed by atoms with E-state index in [-0.39, 0.29) is 29.2 Å². The summed E-state index contributed by atoms with van der Waals surface area (Å²) >= 11 is 6.09. The van der Waals surface area contributed by atoms with Crippen LogP contribution in [0.1, 0.15) is 18.5 Å². The van der Waals surface area contributed by atoms with Crippen molar-refractivity contribution < 1.29 is 9.18 Å². The van der Waals surface area contributed by atoms with Crippen LogP contribution < -0.4 is 16.6 Å². The van der Waals surface area contributed by atoms with Gasteiger partial charge in [0.15, 0.2) is 0 Å². The number of carbonyl (C=O) groups is 1. The first-order valence-corrected chi connectivity index (χ1v) is 10.3. The molecule has 4 aromatic rings. The number of hydrogen-bond donors (Lipinski definition) is 1. The topological polar surface area (TPSA) is 73.1 Å². The number of benzene rings is 3. The third-order valence-electron chi connectivity index (χ3n) is 5.18. The molecule has 0 unspecified atom stereocenters. The molecule has 32 heavy (non-hydrogen) atoms. The normalized spacial score (nSPS) is 12.0. The number of aromatic nitrogens is 2. The Morgan fingerprint density at radius 1 is 1.03 bits per heavy atom. The van der Waals surface area contributed by atoms with E-state index in [0.29, 0.717) is 5.02 Å². The first-order valence-electron chi connectivity index (χ1n) is 9.91. The van der Waals surface area contributed by atoms with E-state index in [1.54, 1.807) is 0 Å². The third kappa shape index (κ3) is 4.07. The molecule has 0 saturated heterocycles. The zero-order chi connectivity index (χ0) is 22.8. The molecule has 8 heteroatoms. The molecule has 1 heterocycles. The number of amides is 1. The maximum atomic E-state index is 14.4. The number of rotatable bonds is 5. The summed E-state index contributed by atoms with van der Waals surface area (Å²) in [5, 5.41) is 3.28. The molecule has 0 aliphatic rings. The van der Waals surface area contributed by atoms with E-state index in [2.05, 4.69) is 5.32 Å². The third-order valence-corrected chi connectivity index (χ3v) is 5.41. The van der Waals surface area contributed by atoms with Gasteiger partial charge in [-0.1, -0.05) is 54.1 Å². The number of nitrogens with one attached hydrogen (secondary N) is 1. The monoisotopic (exact) mass is 451 g/mol. The fraction of sp³-hybridized carbons (Fsp3) is 0.125. The maximum absolute atomic E-state index is 14.4. The van der Waals surface area contributed by atoms with E-state index < -0.39 is 23.0 Å². The van der Waals surface area contributed by atoms with Crippen LogP contribution in [0.5, 0.6) is 0 Å². The molecule has 0 aliphatic carbocycles. The summed E-state index contributed by atoms with van der Waals surface area (Å²) in [6, 6.07) is 18.9. The second kappa shape index (κ2) is 8.80. The highest BCUT2D eigenvalue weighted by atomic mass is 35.5. The molecule has 3 aromatic carbocycles. The average molecular weight is 452 g/mol. The summed E-state index contributed by atoms with van der Waals surface area (Å²) in [5.41, 5.74) is -0.621. The Balaban J connectivity index is 1.82. The van der Waals surface area contributed by atoms with Gasteiger partial charge in [-0.3, -0.25) is 14.2 Å². The van der Waals surface area contributed by atoms with Gasteiger partial charge in [-0.25, -0.2) is 13.8 Å². The Morgan fingerprint density at radius 2 is 1.72 bits per heavy atom. The van der Waals surface area contributed by atoms with Crippen molar-refractivity contribution in [2.24, 2.45) is 0 Å². The molecule has 1 atom stereocenters. The lowest BCUT2D eigenvalue weighted by molar-refractivity contribution is -0.122. The Bertz CT molecular complexity index is 1430. The molecule has 1 aromatic heterocycles. The summed E-state index contributed by atoms with van der Waals surface area (Å²) in [4.78, 5) is 39.2. The van der Waals surface area contributed by atoms with Gasteiger partial charge < -0.3 is 5.32 Å². The van der Waals surface area contributed by atoms with Crippen LogP contribution in [-0.2, 0) is 11.3 Å². The molecule has 6 nitrogen and oxygen atoms in total. The lowest BCUT2D eigenvalue weighted by Gasteiger charge is -2.17. The molecule has 162 valence electrons. The van der Waals surface area contributed by atoms with E-state index in [4.69, 9.17) is 11.6 Å². The van der Waals surface area contributed by atoms with Crippen molar-refractivity contribution in [2.45, 2.75) is 19.5 Å². The van der Waals surface area contributed by atoms with Crippen LogP contribution in [0.25, 0.3) is 16.6 Å². The number of para-hydroxylation sites is 1. The fourth-order valence-electron chi connectivity index (χ4n) is 3.59. The van der Waals surface area contributed by atoms with Gasteiger partial charge in [-0.15, -0.1) is 0 Å². The molecule has 0 spiro atoms. The molecule has 0 radical (unpaired) electrons. The lowest BCUT2D eigenvalue weighted by Crippen LogP contribution is -2.42. The Hall–Kier alpha value is -3.71. The largest absolute Gasteiger partial charge is 0.348 e. The van der Waals surface area contributed by atoms with Crippen molar-refractivity contribution in [1.82, 2.24) is 14.5 Å². The minimum absolute atomic E-state index is 0.140. The highest BCUT2D eigenvalue weighted by Crippen LogP contribution is 2.18. The predicted octanol–water partition coefficient (Wildman–Crippen LogP) is 3.82. The number of halogens is 2. The fourth-order valence-corrected chi connectivity index (χ4v) is 3.76. The molecule has 0 saturated carbocycles. The summed E-state index contributed by atoms with van der Waals surface area (Å²) in [6.07, 6.45) is 0. The minimum Gasteiger partial charge on any atom is -0.348 e. The Kier molecular flexibility index (Phi) is 5.92. The summed E-state index contributed by atoms with van der Waals surface area (Å²) < 4.78 is 16.3. The smallest absolute Gasteiger partial charge is 0.336 e. The van der Waals surface area contributed by atoms with Crippen LogP contribution in [0.15, 0.2) is 82.4 Å². The molecule has 1 amide bonds. The molecular weight excluding hydrogens is 433 g/mol. The minimum atomic E-state index is -0.836. The van der Waals surface area contributed by atoms with E-state index >= 15 is 0 Å². The van der Waals surface area contributed by atoms with Crippen molar-refractivity contribution in [2.75, 3.05) is 0 Å². The van der Waals surface area contributed by atoms with Gasteiger partial charge in [0.05, 0.1) is 22.6 Å². The highest BCUT2D eigenvalue weighted by molar-refractivity contribution is 6.31. The van der Waals surface area contributed by atoms with Gasteiger partial charge in [0.25, 0.3) is 5.56 Å². The SMILES string of the molecule is C[C@H](NC(=O)Cn1c(=O)n(-c2ccccc2F)c(=O)c2ccc(Cl)cc21)c1ccccc1. The highest BCUT2D eigenvalue weighted by Gasteiger charge is 2.19. The Labute approximate surface area is 187 Å². The van der Waals surface area contributed by atoms with Gasteiger partial charge in [-0.2, -0.15) is 0 Å². The predicted molar refractivity (Wildman–Crippen MR) is 122 cm³/mol. The van der Waals surface area contributed by atoms with Crippen LogP contribution in [0.4, 0.5) is 4.39 Å². The van der Waals surface area contributed by atoms with Crippen molar-refractivity contribution in [3.05, 3.63) is 110 Å². The molecule has 1 N–H and O–H groups in total. The Morgan fingerprint density at radius 3 is 2.44 bits per heavy atom. The lowest BCUT2D eigenvalue weighted by atomic mass is 10.1. The number of carbonyl (C=O) groups excluding carboxylic acids is 1. The van der Waals surface area contributed by atoms with Crippen LogP contribution in [0.2, 0.25) is 5.02 Å². The second-order valence-corrected chi connectivity index (χ2v) is 7.76. The summed E-state index contributed by atoms with van der Waals surface area (Å²) in [5.74, 6) is -1.17. The van der Waals surface area contributed by atoms with Gasteiger partial charge in [-0.05, 0) is 42.8 Å². The number of hydrogen-bond acceptors (Lipinski definition) is 3. The summed E-state index contributed by atoms with van der Waals surface area (Å²) in [6.45, 7) is 1.45. The van der Waals surface area contributed by atoms with Crippen molar-refractivity contribution in [1.29, 1.82) is 0 Å². The zero-order valence-electron chi connectivity index (χ0n) is 17.1. The maximum Gasteiger partial charge on any atom is 0.336 e. The van der Waals surface area contributed by atoms with Gasteiger partial charge >= 0.3 is 5.69 Å². The zero-order valence-corrected chi connectivity index (χ0v) is 17.8. The van der Waals surface area contributed by atoms with E-state index in [1.165, 1.54) is 36.4 Å². The molecule has 4 rings (SSSR count). The van der Waals surface area contributed by atoms with Crippen LogP contribution in [0.3, 0.4) is 0 Å². The first-order chi connectivity index (χ1) is 15.4. The summed E-state index contributed by atoms with van der Waals surface area (Å²) in [7, 11) is 0. The average Bonchev–Trinajstić information content (AvgIpc) is 2.78. The number of fused-ring (bicyclic) bond motifs is 1. The molecule has 0 aliphatic heterocycles. The van der Waals surface area contributed by atoms with Crippen LogP contribution >= 0.6 is 11.6 Å². The number of nitrogens with zero attached hydrogens (tertiary/aromatic N) is 2. The van der Waals surface area contributed by atoms with Crippen molar-refractivity contribution in [3.8, 4) is 5.69 Å². The van der Waals surface area contributed by atoms with Crippen LogP contribution in [-0.4, -0.2) is 15.0 Å². The van der Waals surface area contributed by atoms with Gasteiger partial charge in [0.2, 0.25) is 5.91 Å². The van der Waals surface area contributed by atoms with E-state index in [9.17, 15) is 18.8 Å². The van der Waals surface area contributed by atoms with Crippen molar-refractivity contribution in [3.63, 3.8) is 0 Å². The van der Waals surface area contributed by atoms with Gasteiger partial charge in [0, 0.05) is 5.02 Å². The second-order valence-electron chi connectivity index (χ2n) is 7.32. The standard InChI is InChI=1S/C24H19ClFN3O3/c1-15(16-7-3-2-4-8-16)27-22(30)14-28-21-13-17(25)11-12-18(21)23(31)29(24(28)32)20-10-6-5-9-19(20)26/h2-13,15H,14H2,1H3,(H,27,30)/t15-/m0/s1. The first kappa shape index (κ1) is 21.5. The van der Waals surface area contributed by atoms with E-state index in [0.717, 1.165) is 20.8 Å².